The van der Waals surface area contributed by atoms with Crippen LogP contribution in [-0.4, -0.2) is 19.5 Å². The molecule has 0 aliphatic rings. The van der Waals surface area contributed by atoms with Crippen molar-refractivity contribution < 1.29 is 8.83 Å². The topological polar surface area (TPSA) is 69.9 Å². The van der Waals surface area contributed by atoms with Gasteiger partial charge in [-0.2, -0.15) is 0 Å². The minimum absolute atomic E-state index is 0.587. The van der Waals surface area contributed by atoms with E-state index < -0.39 is 0 Å². The highest BCUT2D eigenvalue weighted by atomic mass is 16.3. The van der Waals surface area contributed by atoms with E-state index in [1.54, 1.807) is 0 Å². The summed E-state index contributed by atoms with van der Waals surface area (Å²) in [7, 11) is 0. The third kappa shape index (κ3) is 5.01. The molecule has 12 rings (SSSR count). The molecule has 0 saturated heterocycles. The molecule has 0 fully saturated rings. The first-order valence-corrected chi connectivity index (χ1v) is 19.0. The number of fused-ring (bicyclic) bond motifs is 9. The molecule has 0 bridgehead atoms. The molecule has 0 aliphatic heterocycles. The molecule has 8 aromatic carbocycles. The van der Waals surface area contributed by atoms with Crippen LogP contribution in [0.15, 0.2) is 191 Å². The third-order valence-corrected chi connectivity index (χ3v) is 11.1. The summed E-state index contributed by atoms with van der Waals surface area (Å²) in [6.07, 6.45) is 0. The van der Waals surface area contributed by atoms with Gasteiger partial charge in [-0.15, -0.1) is 0 Å². The van der Waals surface area contributed by atoms with Crippen LogP contribution in [0, 0.1) is 0 Å². The summed E-state index contributed by atoms with van der Waals surface area (Å²) in [4.78, 5) is 14.8. The van der Waals surface area contributed by atoms with Gasteiger partial charge in [0.1, 0.15) is 16.7 Å². The Hall–Kier alpha value is -7.83. The Balaban J connectivity index is 1.01. The number of aromatic nitrogens is 4. The maximum atomic E-state index is 6.86. The van der Waals surface area contributed by atoms with Gasteiger partial charge in [0, 0.05) is 49.0 Å². The summed E-state index contributed by atoms with van der Waals surface area (Å²) in [6.45, 7) is 0. The van der Waals surface area contributed by atoms with Crippen LogP contribution in [0.4, 0.5) is 0 Å². The number of hydrogen-bond donors (Lipinski definition) is 0. The molecule has 0 saturated carbocycles. The highest BCUT2D eigenvalue weighted by Gasteiger charge is 2.20. The van der Waals surface area contributed by atoms with E-state index in [4.69, 9.17) is 23.8 Å². The molecule has 57 heavy (non-hydrogen) atoms. The van der Waals surface area contributed by atoms with Crippen molar-refractivity contribution >= 4 is 65.7 Å². The molecule has 0 unspecified atom stereocenters. The lowest BCUT2D eigenvalue weighted by molar-refractivity contribution is 0.666. The van der Waals surface area contributed by atoms with Crippen molar-refractivity contribution in [2.24, 2.45) is 0 Å². The zero-order valence-electron chi connectivity index (χ0n) is 30.4. The molecule has 4 aromatic heterocycles. The second-order valence-electron chi connectivity index (χ2n) is 14.4. The van der Waals surface area contributed by atoms with E-state index in [9.17, 15) is 0 Å². The lowest BCUT2D eigenvalue weighted by Gasteiger charge is -2.09. The average molecular weight is 731 g/mol. The summed E-state index contributed by atoms with van der Waals surface area (Å²) in [5, 5.41) is 6.67. The largest absolute Gasteiger partial charge is 0.456 e. The van der Waals surface area contributed by atoms with E-state index in [2.05, 4.69) is 114 Å². The van der Waals surface area contributed by atoms with E-state index in [0.717, 1.165) is 88.4 Å². The normalized spacial score (nSPS) is 11.9. The third-order valence-electron chi connectivity index (χ3n) is 11.1. The van der Waals surface area contributed by atoms with E-state index in [1.165, 1.54) is 10.8 Å². The summed E-state index contributed by atoms with van der Waals surface area (Å²) >= 11 is 0. The molecule has 6 nitrogen and oxygen atoms in total. The maximum absolute atomic E-state index is 6.86. The van der Waals surface area contributed by atoms with Gasteiger partial charge in [0.2, 0.25) is 0 Å². The van der Waals surface area contributed by atoms with Crippen molar-refractivity contribution in [3.05, 3.63) is 182 Å². The molecule has 6 heteroatoms. The fourth-order valence-corrected chi connectivity index (χ4v) is 8.35. The Bertz CT molecular complexity index is 3470. The summed E-state index contributed by atoms with van der Waals surface area (Å²) in [5.41, 5.74) is 11.6. The summed E-state index contributed by atoms with van der Waals surface area (Å²) in [6, 6.07) is 62.8. The van der Waals surface area contributed by atoms with Crippen LogP contribution in [0.1, 0.15) is 0 Å². The fraction of sp³-hybridized carbons (Fsp3) is 0. The van der Waals surface area contributed by atoms with Crippen molar-refractivity contribution in [2.45, 2.75) is 0 Å². The first kappa shape index (κ1) is 31.5. The van der Waals surface area contributed by atoms with Crippen LogP contribution in [0.3, 0.4) is 0 Å². The van der Waals surface area contributed by atoms with Crippen LogP contribution < -0.4 is 0 Å². The first-order chi connectivity index (χ1) is 28.2. The van der Waals surface area contributed by atoms with E-state index >= 15 is 0 Å². The molecule has 0 amide bonds. The number of hydrogen-bond acceptors (Lipinski definition) is 5. The molecular weight excluding hydrogens is 701 g/mol. The van der Waals surface area contributed by atoms with E-state index in [0.29, 0.717) is 17.5 Å². The maximum Gasteiger partial charge on any atom is 0.164 e. The number of benzene rings is 8. The van der Waals surface area contributed by atoms with Gasteiger partial charge in [0.05, 0.1) is 16.7 Å². The zero-order valence-corrected chi connectivity index (χ0v) is 30.4. The Labute approximate surface area is 325 Å². The fourth-order valence-electron chi connectivity index (χ4n) is 8.35. The number of rotatable bonds is 5. The summed E-state index contributed by atoms with van der Waals surface area (Å²) < 4.78 is 15.3. The smallest absolute Gasteiger partial charge is 0.164 e. The van der Waals surface area contributed by atoms with Crippen LogP contribution in [0.2, 0.25) is 0 Å². The summed E-state index contributed by atoms with van der Waals surface area (Å²) in [5.74, 6) is 1.83. The molecule has 0 spiro atoms. The van der Waals surface area contributed by atoms with Crippen molar-refractivity contribution in [1.82, 2.24) is 19.5 Å². The predicted molar refractivity (Wildman–Crippen MR) is 230 cm³/mol. The van der Waals surface area contributed by atoms with Crippen LogP contribution in [0.25, 0.3) is 117 Å². The Morgan fingerprint density at radius 2 is 0.877 bits per heavy atom. The molecule has 0 radical (unpaired) electrons. The predicted octanol–water partition coefficient (Wildman–Crippen LogP) is 13.4. The van der Waals surface area contributed by atoms with Crippen molar-refractivity contribution in [2.75, 3.05) is 0 Å². The zero-order chi connectivity index (χ0) is 37.5. The highest BCUT2D eigenvalue weighted by molar-refractivity contribution is 6.14. The Morgan fingerprint density at radius 1 is 0.316 bits per heavy atom. The quantitative estimate of drug-likeness (QED) is 0.176. The molecule has 0 N–H and O–H groups in total. The van der Waals surface area contributed by atoms with Crippen LogP contribution >= 0.6 is 0 Å². The van der Waals surface area contributed by atoms with Gasteiger partial charge in [0.25, 0.3) is 0 Å². The van der Waals surface area contributed by atoms with Crippen LogP contribution in [-0.2, 0) is 0 Å². The van der Waals surface area contributed by atoms with Gasteiger partial charge < -0.3 is 13.4 Å². The molecular formula is C51H30N4O2. The van der Waals surface area contributed by atoms with Gasteiger partial charge in [-0.1, -0.05) is 127 Å². The Morgan fingerprint density at radius 3 is 1.65 bits per heavy atom. The van der Waals surface area contributed by atoms with Gasteiger partial charge >= 0.3 is 0 Å². The first-order valence-electron chi connectivity index (χ1n) is 19.0. The number of para-hydroxylation sites is 3. The lowest BCUT2D eigenvalue weighted by Crippen LogP contribution is -2.00. The standard InChI is InChI=1S/C51H30N4O2/c1-3-12-31(13-4-1)49-52-50(32-14-5-2-6-15-32)54-51(53-49)35-22-25-38-39-18-11-20-44(48(39)57-47(38)30-35)55-42-19-9-7-16-36(42)40-28-33(23-26-43(40)55)34-24-27-46-41(29-34)37-17-8-10-21-45(37)56-46/h1-30H. The monoisotopic (exact) mass is 730 g/mol. The van der Waals surface area contributed by atoms with E-state index in [-0.39, 0.29) is 0 Å². The minimum atomic E-state index is 0.587. The van der Waals surface area contributed by atoms with Crippen molar-refractivity contribution in [3.8, 4) is 51.0 Å². The van der Waals surface area contributed by atoms with Gasteiger partial charge in [0.15, 0.2) is 23.1 Å². The van der Waals surface area contributed by atoms with Crippen LogP contribution in [0.5, 0.6) is 0 Å². The second-order valence-corrected chi connectivity index (χ2v) is 14.4. The number of furan rings is 2. The van der Waals surface area contributed by atoms with Crippen molar-refractivity contribution in [1.29, 1.82) is 0 Å². The average Bonchev–Trinajstić information content (AvgIpc) is 3.95. The van der Waals surface area contributed by atoms with Gasteiger partial charge in [-0.25, -0.2) is 15.0 Å². The van der Waals surface area contributed by atoms with Crippen molar-refractivity contribution in [3.63, 3.8) is 0 Å². The lowest BCUT2D eigenvalue weighted by atomic mass is 10.0. The van der Waals surface area contributed by atoms with Gasteiger partial charge in [-0.05, 0) is 65.7 Å². The minimum Gasteiger partial charge on any atom is -0.456 e. The van der Waals surface area contributed by atoms with Gasteiger partial charge in [-0.3, -0.25) is 0 Å². The molecule has 12 aromatic rings. The highest BCUT2D eigenvalue weighted by Crippen LogP contribution is 2.41. The SMILES string of the molecule is c1ccc(-c2nc(-c3ccccc3)nc(-c3ccc4c(c3)oc3c(-n5c6ccccc6c6cc(-c7ccc8oc9ccccc9c8c7)ccc65)cccc34)n2)cc1. The molecule has 0 atom stereocenters. The second kappa shape index (κ2) is 12.3. The molecule has 0 aliphatic carbocycles. The number of nitrogens with zero attached hydrogens (tertiary/aromatic N) is 4. The molecule has 266 valence electrons. The molecule has 4 heterocycles. The Kier molecular flexibility index (Phi) is 6.83. The van der Waals surface area contributed by atoms with E-state index in [1.807, 2.05) is 72.8 Å².